The monoisotopic (exact) mass is 379 g/mol. The first-order valence-electron chi connectivity index (χ1n) is 9.51. The molecule has 4 amide bonds. The summed E-state index contributed by atoms with van der Waals surface area (Å²) in [6.07, 6.45) is 1.17. The molecule has 1 aliphatic rings. The Balaban J connectivity index is 1.81. The average molecular weight is 379 g/mol. The molecule has 2 N–H and O–H groups in total. The maximum absolute atomic E-state index is 13.1. The van der Waals surface area contributed by atoms with E-state index in [1.807, 2.05) is 69.3 Å². The van der Waals surface area contributed by atoms with E-state index in [1.54, 1.807) is 0 Å². The van der Waals surface area contributed by atoms with Crippen molar-refractivity contribution < 1.29 is 14.4 Å². The summed E-state index contributed by atoms with van der Waals surface area (Å²) in [6.45, 7) is 5.45. The summed E-state index contributed by atoms with van der Waals surface area (Å²) < 4.78 is 0. The molecule has 146 valence electrons. The smallest absolute Gasteiger partial charge is 0.324 e. The van der Waals surface area contributed by atoms with Gasteiger partial charge < -0.3 is 10.6 Å². The quantitative estimate of drug-likeness (QED) is 0.756. The number of urea groups is 1. The lowest BCUT2D eigenvalue weighted by Gasteiger charge is -2.25. The Morgan fingerprint density at radius 1 is 1.07 bits per heavy atom. The second kappa shape index (κ2) is 7.84. The lowest BCUT2D eigenvalue weighted by atomic mass is 9.87. The molecule has 6 nitrogen and oxygen atoms in total. The van der Waals surface area contributed by atoms with Crippen LogP contribution in [0.3, 0.4) is 0 Å². The molecule has 2 aromatic rings. The molecule has 2 aromatic carbocycles. The summed E-state index contributed by atoms with van der Waals surface area (Å²) in [5.74, 6) is -0.797. The molecule has 0 radical (unpaired) electrons. The topological polar surface area (TPSA) is 78.5 Å². The van der Waals surface area contributed by atoms with Crippen molar-refractivity contribution in [1.82, 2.24) is 10.2 Å². The number of hydrogen-bond acceptors (Lipinski definition) is 3. The Kier molecular flexibility index (Phi) is 5.49. The van der Waals surface area contributed by atoms with Crippen molar-refractivity contribution in [3.8, 4) is 0 Å². The zero-order chi connectivity index (χ0) is 20.3. The molecule has 0 saturated carbocycles. The minimum absolute atomic E-state index is 0.323. The van der Waals surface area contributed by atoms with Gasteiger partial charge in [0, 0.05) is 5.69 Å². The van der Waals surface area contributed by atoms with Gasteiger partial charge in [-0.3, -0.25) is 14.5 Å². The molecule has 0 bridgehead atoms. The van der Waals surface area contributed by atoms with Crippen LogP contribution in [0.2, 0.25) is 0 Å². The van der Waals surface area contributed by atoms with E-state index in [0.29, 0.717) is 12.0 Å². The summed E-state index contributed by atoms with van der Waals surface area (Å²) >= 11 is 0. The molecule has 0 aromatic heterocycles. The Morgan fingerprint density at radius 2 is 1.79 bits per heavy atom. The SMILES string of the molecule is CCc1cccc(C)c1NC(=O)CN1C(=O)NC(CC)(c2ccccc2)C1=O. The van der Waals surface area contributed by atoms with Gasteiger partial charge in [-0.2, -0.15) is 0 Å². The molecule has 1 saturated heterocycles. The Bertz CT molecular complexity index is 910. The predicted molar refractivity (Wildman–Crippen MR) is 108 cm³/mol. The number of carbonyl (C=O) groups is 3. The lowest BCUT2D eigenvalue weighted by molar-refractivity contribution is -0.134. The highest BCUT2D eigenvalue weighted by Gasteiger charge is 2.51. The van der Waals surface area contributed by atoms with Crippen LogP contribution in [0, 0.1) is 6.92 Å². The molecule has 28 heavy (non-hydrogen) atoms. The van der Waals surface area contributed by atoms with Crippen molar-refractivity contribution >= 4 is 23.5 Å². The second-order valence-corrected chi connectivity index (χ2v) is 6.96. The minimum atomic E-state index is -1.13. The normalized spacial score (nSPS) is 18.9. The average Bonchev–Trinajstić information content (AvgIpc) is 2.95. The molecule has 3 rings (SSSR count). The van der Waals surface area contributed by atoms with Crippen LogP contribution in [0.15, 0.2) is 48.5 Å². The number of hydrogen-bond donors (Lipinski definition) is 2. The third kappa shape index (κ3) is 3.38. The van der Waals surface area contributed by atoms with Crippen molar-refractivity contribution in [2.24, 2.45) is 0 Å². The fourth-order valence-corrected chi connectivity index (χ4v) is 3.66. The first kappa shape index (κ1) is 19.6. The number of rotatable bonds is 6. The third-order valence-corrected chi connectivity index (χ3v) is 5.28. The number of imide groups is 1. The van der Waals surface area contributed by atoms with Gasteiger partial charge >= 0.3 is 6.03 Å². The van der Waals surface area contributed by atoms with E-state index in [1.165, 1.54) is 0 Å². The van der Waals surface area contributed by atoms with Gasteiger partial charge in [0.15, 0.2) is 0 Å². The van der Waals surface area contributed by atoms with Crippen LogP contribution in [0.4, 0.5) is 10.5 Å². The standard InChI is InChI=1S/C22H25N3O3/c1-4-16-11-9-10-15(3)19(16)23-18(26)14-25-20(27)22(5-2,24-21(25)28)17-12-7-6-8-13-17/h6-13H,4-5,14H2,1-3H3,(H,23,26)(H,24,28). The number of carbonyl (C=O) groups excluding carboxylic acids is 3. The molecule has 0 spiro atoms. The highest BCUT2D eigenvalue weighted by atomic mass is 16.2. The first-order chi connectivity index (χ1) is 13.4. The Morgan fingerprint density at radius 3 is 2.43 bits per heavy atom. The second-order valence-electron chi connectivity index (χ2n) is 6.96. The van der Waals surface area contributed by atoms with E-state index in [9.17, 15) is 14.4 Å². The number of anilines is 1. The van der Waals surface area contributed by atoms with Gasteiger partial charge in [0.2, 0.25) is 5.91 Å². The van der Waals surface area contributed by atoms with Crippen LogP contribution < -0.4 is 10.6 Å². The maximum atomic E-state index is 13.1. The van der Waals surface area contributed by atoms with Crippen LogP contribution in [0.1, 0.15) is 37.0 Å². The van der Waals surface area contributed by atoms with Crippen LogP contribution in [0.25, 0.3) is 0 Å². The van der Waals surface area contributed by atoms with Gasteiger partial charge in [-0.25, -0.2) is 4.79 Å². The molecule has 1 unspecified atom stereocenters. The van der Waals surface area contributed by atoms with E-state index in [-0.39, 0.29) is 6.54 Å². The van der Waals surface area contributed by atoms with Crippen LogP contribution in [0.5, 0.6) is 0 Å². The molecular weight excluding hydrogens is 354 g/mol. The van der Waals surface area contributed by atoms with Crippen molar-refractivity contribution in [3.05, 3.63) is 65.2 Å². The fourth-order valence-electron chi connectivity index (χ4n) is 3.66. The minimum Gasteiger partial charge on any atom is -0.324 e. The van der Waals surface area contributed by atoms with Crippen molar-refractivity contribution in [2.45, 2.75) is 39.2 Å². The number of para-hydroxylation sites is 1. The van der Waals surface area contributed by atoms with E-state index >= 15 is 0 Å². The fraction of sp³-hybridized carbons (Fsp3) is 0.318. The summed E-state index contributed by atoms with van der Waals surface area (Å²) in [7, 11) is 0. The van der Waals surface area contributed by atoms with E-state index in [2.05, 4.69) is 10.6 Å². The zero-order valence-electron chi connectivity index (χ0n) is 16.4. The van der Waals surface area contributed by atoms with Crippen molar-refractivity contribution in [3.63, 3.8) is 0 Å². The molecule has 0 aliphatic carbocycles. The van der Waals surface area contributed by atoms with E-state index < -0.39 is 23.4 Å². The van der Waals surface area contributed by atoms with Crippen LogP contribution in [-0.4, -0.2) is 29.3 Å². The summed E-state index contributed by atoms with van der Waals surface area (Å²) in [5, 5.41) is 5.66. The summed E-state index contributed by atoms with van der Waals surface area (Å²) in [4.78, 5) is 39.3. The Labute approximate surface area is 164 Å². The maximum Gasteiger partial charge on any atom is 0.325 e. The Hall–Kier alpha value is -3.15. The first-order valence-corrected chi connectivity index (χ1v) is 9.51. The third-order valence-electron chi connectivity index (χ3n) is 5.28. The number of amides is 4. The largest absolute Gasteiger partial charge is 0.325 e. The van der Waals surface area contributed by atoms with Gasteiger partial charge in [-0.1, -0.05) is 62.4 Å². The molecule has 1 heterocycles. The van der Waals surface area contributed by atoms with Gasteiger partial charge in [-0.15, -0.1) is 0 Å². The van der Waals surface area contributed by atoms with Crippen molar-refractivity contribution in [2.75, 3.05) is 11.9 Å². The number of nitrogens with one attached hydrogen (secondary N) is 2. The predicted octanol–water partition coefficient (Wildman–Crippen LogP) is 3.35. The molecule has 6 heteroatoms. The van der Waals surface area contributed by atoms with Crippen molar-refractivity contribution in [1.29, 1.82) is 0 Å². The number of nitrogens with zero attached hydrogens (tertiary/aromatic N) is 1. The molecule has 1 atom stereocenters. The summed E-state index contributed by atoms with van der Waals surface area (Å²) in [6, 6.07) is 14.4. The van der Waals surface area contributed by atoms with Gasteiger partial charge in [0.1, 0.15) is 12.1 Å². The van der Waals surface area contributed by atoms with Gasteiger partial charge in [-0.05, 0) is 36.5 Å². The van der Waals surface area contributed by atoms with Crippen LogP contribution >= 0.6 is 0 Å². The van der Waals surface area contributed by atoms with Gasteiger partial charge in [0.25, 0.3) is 5.91 Å². The van der Waals surface area contributed by atoms with Gasteiger partial charge in [0.05, 0.1) is 0 Å². The molecule has 1 aliphatic heterocycles. The van der Waals surface area contributed by atoms with E-state index in [0.717, 1.165) is 28.1 Å². The molecule has 1 fully saturated rings. The van der Waals surface area contributed by atoms with Crippen LogP contribution in [-0.2, 0) is 21.5 Å². The number of benzene rings is 2. The lowest BCUT2D eigenvalue weighted by Crippen LogP contribution is -2.44. The zero-order valence-corrected chi connectivity index (χ0v) is 16.4. The van der Waals surface area contributed by atoms with E-state index in [4.69, 9.17) is 0 Å². The highest BCUT2D eigenvalue weighted by molar-refractivity contribution is 6.10. The molecular formula is C22H25N3O3. The number of aryl methyl sites for hydroxylation is 2. The summed E-state index contributed by atoms with van der Waals surface area (Å²) in [5.41, 5.74) is 2.28. The highest BCUT2D eigenvalue weighted by Crippen LogP contribution is 2.32.